The van der Waals surface area contributed by atoms with E-state index in [2.05, 4.69) is 25.9 Å². The number of hydrogen-bond acceptors (Lipinski definition) is 3. The van der Waals surface area contributed by atoms with Crippen molar-refractivity contribution in [3.8, 4) is 0 Å². The van der Waals surface area contributed by atoms with Gasteiger partial charge in [0.05, 0.1) is 11.1 Å². The maximum absolute atomic E-state index is 12.0. The molecule has 0 unspecified atom stereocenters. The van der Waals surface area contributed by atoms with Crippen LogP contribution in [0.2, 0.25) is 0 Å². The first-order chi connectivity index (χ1) is 10.5. The molecule has 0 saturated carbocycles. The first-order valence-corrected chi connectivity index (χ1v) is 8.79. The third-order valence-corrected chi connectivity index (χ3v) is 4.53. The van der Waals surface area contributed by atoms with E-state index in [1.807, 2.05) is 43.3 Å². The molecule has 0 amide bonds. The molecule has 2 rings (SSSR count). The quantitative estimate of drug-likeness (QED) is 0.634. The number of rotatable bonds is 5. The fourth-order valence-electron chi connectivity index (χ4n) is 1.71. The second-order valence-electron chi connectivity index (χ2n) is 4.61. The van der Waals surface area contributed by atoms with E-state index in [1.54, 1.807) is 12.1 Å². The maximum atomic E-state index is 12.0. The summed E-state index contributed by atoms with van der Waals surface area (Å²) >= 11 is 3.26. The predicted molar refractivity (Wildman–Crippen MR) is 93.0 cm³/mol. The van der Waals surface area contributed by atoms with Gasteiger partial charge in [-0.15, -0.1) is 0 Å². The van der Waals surface area contributed by atoms with Crippen molar-refractivity contribution < 1.29 is 8.42 Å². The minimum atomic E-state index is -3.64. The molecule has 0 spiro atoms. The Bertz CT molecular complexity index is 783. The van der Waals surface area contributed by atoms with Crippen molar-refractivity contribution in [3.05, 3.63) is 70.2 Å². The molecule has 0 aromatic heterocycles. The van der Waals surface area contributed by atoms with Gasteiger partial charge in [-0.2, -0.15) is 13.5 Å². The number of sulfonamides is 1. The van der Waals surface area contributed by atoms with E-state index in [9.17, 15) is 8.42 Å². The molecule has 2 aromatic carbocycles. The summed E-state index contributed by atoms with van der Waals surface area (Å²) in [4.78, 5) is 2.36. The van der Waals surface area contributed by atoms with Crippen LogP contribution in [0.4, 0.5) is 0 Å². The molecule has 4 nitrogen and oxygen atoms in total. The molecule has 6 heteroatoms. The highest BCUT2D eigenvalue weighted by Gasteiger charge is 2.11. The minimum Gasteiger partial charge on any atom is -0.200 e. The average molecular weight is 379 g/mol. The Morgan fingerprint density at radius 2 is 1.73 bits per heavy atom. The molecule has 0 atom stereocenters. The number of hydrogen-bond donors (Lipinski definition) is 1. The van der Waals surface area contributed by atoms with Crippen LogP contribution in [0.3, 0.4) is 0 Å². The average Bonchev–Trinajstić information content (AvgIpc) is 2.48. The maximum Gasteiger partial charge on any atom is 0.276 e. The Balaban J connectivity index is 2.05. The van der Waals surface area contributed by atoms with Crippen molar-refractivity contribution in [2.75, 3.05) is 0 Å². The standard InChI is InChI=1S/C16H15BrN2O2S/c1-13(11-14-5-3-2-4-6-14)12-18-19-22(20,21)16-9-7-15(17)8-10-16/h2-12,19H,1H3/b13-11+,18-12-. The van der Waals surface area contributed by atoms with Crippen LogP contribution in [0.25, 0.3) is 6.08 Å². The van der Waals surface area contributed by atoms with Crippen LogP contribution < -0.4 is 4.83 Å². The Morgan fingerprint density at radius 3 is 2.36 bits per heavy atom. The Kier molecular flexibility index (Phi) is 5.51. The van der Waals surface area contributed by atoms with Crippen LogP contribution in [0, 0.1) is 0 Å². The van der Waals surface area contributed by atoms with E-state index in [4.69, 9.17) is 0 Å². The molecule has 1 N–H and O–H groups in total. The second kappa shape index (κ2) is 7.38. The van der Waals surface area contributed by atoms with Gasteiger partial charge in [-0.1, -0.05) is 52.3 Å². The lowest BCUT2D eigenvalue weighted by Crippen LogP contribution is -2.18. The molecule has 0 saturated heterocycles. The lowest BCUT2D eigenvalue weighted by Gasteiger charge is -2.03. The van der Waals surface area contributed by atoms with E-state index >= 15 is 0 Å². The summed E-state index contributed by atoms with van der Waals surface area (Å²) in [6.07, 6.45) is 3.39. The van der Waals surface area contributed by atoms with Crippen molar-refractivity contribution in [1.82, 2.24) is 4.83 Å². The van der Waals surface area contributed by atoms with E-state index in [0.717, 1.165) is 15.6 Å². The number of allylic oxidation sites excluding steroid dienone is 1. The van der Waals surface area contributed by atoms with Crippen LogP contribution in [-0.2, 0) is 10.0 Å². The highest BCUT2D eigenvalue weighted by Crippen LogP contribution is 2.14. The van der Waals surface area contributed by atoms with Crippen molar-refractivity contribution in [3.63, 3.8) is 0 Å². The zero-order valence-electron chi connectivity index (χ0n) is 11.9. The van der Waals surface area contributed by atoms with Gasteiger partial charge in [0.2, 0.25) is 0 Å². The minimum absolute atomic E-state index is 0.164. The zero-order valence-corrected chi connectivity index (χ0v) is 14.3. The SMILES string of the molecule is CC(/C=N\NS(=O)(=O)c1ccc(Br)cc1)=C\c1ccccc1. The van der Waals surface area contributed by atoms with Crippen molar-refractivity contribution >= 4 is 38.2 Å². The third kappa shape index (κ3) is 4.82. The first-order valence-electron chi connectivity index (χ1n) is 6.51. The van der Waals surface area contributed by atoms with Crippen molar-refractivity contribution in [1.29, 1.82) is 0 Å². The number of nitrogens with one attached hydrogen (secondary N) is 1. The molecule has 114 valence electrons. The van der Waals surface area contributed by atoms with E-state index in [-0.39, 0.29) is 4.90 Å². The fourth-order valence-corrected chi connectivity index (χ4v) is 2.77. The largest absolute Gasteiger partial charge is 0.276 e. The zero-order chi connectivity index (χ0) is 16.0. The predicted octanol–water partition coefficient (Wildman–Crippen LogP) is 3.82. The number of hydrazone groups is 1. The lowest BCUT2D eigenvalue weighted by atomic mass is 10.1. The Hall–Kier alpha value is -1.92. The smallest absolute Gasteiger partial charge is 0.200 e. The van der Waals surface area contributed by atoms with Crippen LogP contribution in [0.5, 0.6) is 0 Å². The summed E-state index contributed by atoms with van der Waals surface area (Å²) < 4.78 is 24.9. The molecule has 0 bridgehead atoms. The monoisotopic (exact) mass is 378 g/mol. The van der Waals surface area contributed by atoms with Gasteiger partial charge in [-0.05, 0) is 42.3 Å². The summed E-state index contributed by atoms with van der Waals surface area (Å²) in [5.74, 6) is 0. The molecule has 0 fully saturated rings. The van der Waals surface area contributed by atoms with Gasteiger partial charge >= 0.3 is 0 Å². The van der Waals surface area contributed by atoms with Gasteiger partial charge in [-0.25, -0.2) is 4.83 Å². The van der Waals surface area contributed by atoms with Gasteiger partial charge in [0.25, 0.3) is 10.0 Å². The van der Waals surface area contributed by atoms with Crippen LogP contribution in [0.15, 0.2) is 74.6 Å². The Labute approximate surface area is 138 Å². The molecule has 0 radical (unpaired) electrons. The molecule has 2 aromatic rings. The number of nitrogens with zero attached hydrogens (tertiary/aromatic N) is 1. The van der Waals surface area contributed by atoms with Gasteiger partial charge in [0.15, 0.2) is 0 Å². The van der Waals surface area contributed by atoms with E-state index in [0.29, 0.717) is 0 Å². The fraction of sp³-hybridized carbons (Fsp3) is 0.0625. The van der Waals surface area contributed by atoms with E-state index < -0.39 is 10.0 Å². The lowest BCUT2D eigenvalue weighted by molar-refractivity contribution is 0.584. The normalized spacial score (nSPS) is 12.5. The van der Waals surface area contributed by atoms with Crippen LogP contribution in [-0.4, -0.2) is 14.6 Å². The first kappa shape index (κ1) is 16.5. The molecule has 0 aliphatic carbocycles. The topological polar surface area (TPSA) is 58.5 Å². The molecule has 0 aliphatic rings. The van der Waals surface area contributed by atoms with Gasteiger partial charge in [-0.3, -0.25) is 0 Å². The van der Waals surface area contributed by atoms with Gasteiger partial charge in [0.1, 0.15) is 0 Å². The molecule has 0 aliphatic heterocycles. The summed E-state index contributed by atoms with van der Waals surface area (Å²) in [5.41, 5.74) is 1.87. The highest BCUT2D eigenvalue weighted by atomic mass is 79.9. The third-order valence-electron chi connectivity index (χ3n) is 2.76. The molecular formula is C16H15BrN2O2S. The highest BCUT2D eigenvalue weighted by molar-refractivity contribution is 9.10. The summed E-state index contributed by atoms with van der Waals surface area (Å²) in [6.45, 7) is 1.85. The van der Waals surface area contributed by atoms with Crippen molar-refractivity contribution in [2.24, 2.45) is 5.10 Å². The summed E-state index contributed by atoms with van der Waals surface area (Å²) in [6, 6.07) is 16.1. The van der Waals surface area contributed by atoms with E-state index in [1.165, 1.54) is 18.3 Å². The molecular weight excluding hydrogens is 364 g/mol. The van der Waals surface area contributed by atoms with Crippen molar-refractivity contribution in [2.45, 2.75) is 11.8 Å². The molecule has 22 heavy (non-hydrogen) atoms. The summed E-state index contributed by atoms with van der Waals surface area (Å²) in [5, 5.41) is 3.79. The Morgan fingerprint density at radius 1 is 1.09 bits per heavy atom. The number of benzene rings is 2. The second-order valence-corrected chi connectivity index (χ2v) is 7.18. The van der Waals surface area contributed by atoms with Crippen LogP contribution in [0.1, 0.15) is 12.5 Å². The number of halogens is 1. The van der Waals surface area contributed by atoms with Crippen LogP contribution >= 0.6 is 15.9 Å². The summed E-state index contributed by atoms with van der Waals surface area (Å²) in [7, 11) is -3.64. The van der Waals surface area contributed by atoms with Gasteiger partial charge in [0, 0.05) is 4.47 Å². The molecule has 0 heterocycles. The van der Waals surface area contributed by atoms with Gasteiger partial charge < -0.3 is 0 Å².